The Balaban J connectivity index is 4.41. The molecule has 0 aliphatic rings. The fourth-order valence-corrected chi connectivity index (χ4v) is 6.20. The summed E-state index contributed by atoms with van der Waals surface area (Å²) in [6.45, 7) is 6.25. The van der Waals surface area contributed by atoms with Gasteiger partial charge in [-0.2, -0.15) is 0 Å². The minimum absolute atomic E-state index is 0.121. The lowest BCUT2D eigenvalue weighted by atomic mass is 10.1. The number of hydrogen-bond acceptors (Lipinski definition) is 6. The first kappa shape index (κ1) is 59.5. The van der Waals surface area contributed by atoms with E-state index in [0.717, 1.165) is 116 Å². The molecule has 6 nitrogen and oxygen atoms in total. The Hall–Kier alpha value is -4.45. The molecular formula is C58H90O6. The van der Waals surface area contributed by atoms with Crippen molar-refractivity contribution in [1.82, 2.24) is 0 Å². The van der Waals surface area contributed by atoms with Gasteiger partial charge in [-0.3, -0.25) is 14.4 Å². The van der Waals surface area contributed by atoms with Gasteiger partial charge in [-0.25, -0.2) is 0 Å². The van der Waals surface area contributed by atoms with E-state index >= 15 is 0 Å². The lowest BCUT2D eigenvalue weighted by Gasteiger charge is -2.18. The minimum atomic E-state index is -0.831. The van der Waals surface area contributed by atoms with Crippen LogP contribution in [0.3, 0.4) is 0 Å². The van der Waals surface area contributed by atoms with Crippen LogP contribution in [0.2, 0.25) is 0 Å². The van der Waals surface area contributed by atoms with Crippen molar-refractivity contribution in [1.29, 1.82) is 0 Å². The molecular weight excluding hydrogens is 793 g/mol. The van der Waals surface area contributed by atoms with Crippen molar-refractivity contribution in [3.8, 4) is 0 Å². The highest BCUT2D eigenvalue weighted by Crippen LogP contribution is 2.12. The second-order valence-corrected chi connectivity index (χ2v) is 16.0. The maximum atomic E-state index is 12.7. The zero-order valence-electron chi connectivity index (χ0n) is 40.7. The van der Waals surface area contributed by atoms with E-state index in [9.17, 15) is 14.4 Å². The van der Waals surface area contributed by atoms with Crippen LogP contribution in [0.5, 0.6) is 0 Å². The number of carbonyl (C=O) groups is 3. The van der Waals surface area contributed by atoms with Gasteiger partial charge in [0.1, 0.15) is 13.2 Å². The normalized spacial score (nSPS) is 13.2. The molecule has 0 aliphatic carbocycles. The first-order chi connectivity index (χ1) is 31.5. The monoisotopic (exact) mass is 883 g/mol. The van der Waals surface area contributed by atoms with Gasteiger partial charge in [-0.1, -0.05) is 206 Å². The van der Waals surface area contributed by atoms with Crippen LogP contribution in [0, 0.1) is 0 Å². The zero-order chi connectivity index (χ0) is 46.5. The Labute approximate surface area is 392 Å². The topological polar surface area (TPSA) is 78.9 Å². The maximum absolute atomic E-state index is 12.7. The van der Waals surface area contributed by atoms with E-state index < -0.39 is 12.1 Å². The quantitative estimate of drug-likeness (QED) is 0.0263. The summed E-state index contributed by atoms with van der Waals surface area (Å²) in [6, 6.07) is 0. The Morgan fingerprint density at radius 2 is 0.641 bits per heavy atom. The summed E-state index contributed by atoms with van der Waals surface area (Å²) in [5, 5.41) is 0. The third-order valence-electron chi connectivity index (χ3n) is 9.91. The lowest BCUT2D eigenvalue weighted by molar-refractivity contribution is -0.166. The van der Waals surface area contributed by atoms with Gasteiger partial charge in [0.15, 0.2) is 6.10 Å². The number of rotatable bonds is 43. The van der Waals surface area contributed by atoms with Crippen molar-refractivity contribution >= 4 is 17.9 Å². The summed E-state index contributed by atoms with van der Waals surface area (Å²) in [4.78, 5) is 37.7. The molecule has 64 heavy (non-hydrogen) atoms. The Kier molecular flexibility index (Phi) is 47.6. The fraction of sp³-hybridized carbons (Fsp3) is 0.569. The number of ether oxygens (including phenoxy) is 3. The van der Waals surface area contributed by atoms with Crippen LogP contribution in [0.25, 0.3) is 0 Å². The molecule has 358 valence electrons. The van der Waals surface area contributed by atoms with E-state index in [1.54, 1.807) is 0 Å². The molecule has 0 N–H and O–H groups in total. The van der Waals surface area contributed by atoms with E-state index in [-0.39, 0.29) is 31.6 Å². The molecule has 0 aromatic rings. The first-order valence-electron chi connectivity index (χ1n) is 25.2. The number of esters is 3. The minimum Gasteiger partial charge on any atom is -0.462 e. The molecule has 1 unspecified atom stereocenters. The van der Waals surface area contributed by atoms with Gasteiger partial charge >= 0.3 is 17.9 Å². The largest absolute Gasteiger partial charge is 0.462 e. The maximum Gasteiger partial charge on any atom is 0.306 e. The van der Waals surface area contributed by atoms with Gasteiger partial charge in [-0.05, 0) is 103 Å². The molecule has 0 aromatic carbocycles. The molecule has 0 fully saturated rings. The van der Waals surface area contributed by atoms with Crippen LogP contribution in [-0.4, -0.2) is 37.2 Å². The highest BCUT2D eigenvalue weighted by Gasteiger charge is 2.19. The second kappa shape index (κ2) is 51.2. The van der Waals surface area contributed by atoms with Crippen LogP contribution < -0.4 is 0 Å². The van der Waals surface area contributed by atoms with Crippen LogP contribution in [0.1, 0.15) is 194 Å². The zero-order valence-corrected chi connectivity index (χ0v) is 40.7. The Morgan fingerprint density at radius 3 is 1.02 bits per heavy atom. The summed E-state index contributed by atoms with van der Waals surface area (Å²) in [6.07, 6.45) is 71.8. The molecule has 0 heterocycles. The van der Waals surface area contributed by atoms with Gasteiger partial charge in [0.25, 0.3) is 0 Å². The Bertz CT molecular complexity index is 1430. The van der Waals surface area contributed by atoms with Crippen molar-refractivity contribution in [3.63, 3.8) is 0 Å². The molecule has 0 aromatic heterocycles. The number of hydrogen-bond donors (Lipinski definition) is 0. The highest BCUT2D eigenvalue weighted by molar-refractivity contribution is 5.71. The van der Waals surface area contributed by atoms with Crippen molar-refractivity contribution in [2.45, 2.75) is 200 Å². The van der Waals surface area contributed by atoms with Gasteiger partial charge in [-0.15, -0.1) is 0 Å². The summed E-state index contributed by atoms with van der Waals surface area (Å²) in [5.41, 5.74) is 0. The van der Waals surface area contributed by atoms with E-state index in [4.69, 9.17) is 14.2 Å². The van der Waals surface area contributed by atoms with Crippen LogP contribution in [0.15, 0.2) is 134 Å². The van der Waals surface area contributed by atoms with E-state index in [0.29, 0.717) is 19.3 Å². The van der Waals surface area contributed by atoms with Crippen LogP contribution in [-0.2, 0) is 28.6 Å². The van der Waals surface area contributed by atoms with E-state index in [2.05, 4.69) is 142 Å². The van der Waals surface area contributed by atoms with Crippen molar-refractivity contribution in [3.05, 3.63) is 134 Å². The second-order valence-electron chi connectivity index (χ2n) is 16.0. The summed E-state index contributed by atoms with van der Waals surface area (Å²) in [7, 11) is 0. The van der Waals surface area contributed by atoms with Crippen molar-refractivity contribution < 1.29 is 28.6 Å². The molecule has 0 spiro atoms. The van der Waals surface area contributed by atoms with Gasteiger partial charge in [0.05, 0.1) is 0 Å². The highest BCUT2D eigenvalue weighted by atomic mass is 16.6. The number of carbonyl (C=O) groups excluding carboxylic acids is 3. The molecule has 0 saturated heterocycles. The SMILES string of the molecule is CC/C=C\C/C=C\C/C=C\C/C=C\C/C=C\C/C=C\C/C=C\CCCCCC(=O)OCC(COC(=O)CCCCCCCCCC)OC(=O)CC/C=C\C/C=C\C/C=C\C/C=C\CC. The summed E-state index contributed by atoms with van der Waals surface area (Å²) >= 11 is 0. The summed E-state index contributed by atoms with van der Waals surface area (Å²) < 4.78 is 16.6. The molecule has 6 heteroatoms. The van der Waals surface area contributed by atoms with Crippen LogP contribution >= 0.6 is 0 Å². The first-order valence-corrected chi connectivity index (χ1v) is 25.2. The van der Waals surface area contributed by atoms with Crippen molar-refractivity contribution in [2.24, 2.45) is 0 Å². The average Bonchev–Trinajstić information content (AvgIpc) is 3.29. The van der Waals surface area contributed by atoms with E-state index in [1.807, 2.05) is 12.2 Å². The molecule has 0 radical (unpaired) electrons. The van der Waals surface area contributed by atoms with Gasteiger partial charge in [0.2, 0.25) is 0 Å². The molecule has 0 saturated carbocycles. The van der Waals surface area contributed by atoms with E-state index in [1.165, 1.54) is 32.1 Å². The number of unbranched alkanes of at least 4 members (excludes halogenated alkanes) is 10. The van der Waals surface area contributed by atoms with Crippen molar-refractivity contribution in [2.75, 3.05) is 13.2 Å². The van der Waals surface area contributed by atoms with Crippen LogP contribution in [0.4, 0.5) is 0 Å². The smallest absolute Gasteiger partial charge is 0.306 e. The predicted octanol–water partition coefficient (Wildman–Crippen LogP) is 16.7. The molecule has 1 atom stereocenters. The average molecular weight is 883 g/mol. The molecule has 0 rings (SSSR count). The standard InChI is InChI=1S/C58H90O6/c1-4-7-10-13-16-19-21-23-24-25-26-27-28-29-30-31-32-33-34-36-37-39-42-45-48-51-57(60)63-54-55(53-62-56(59)50-47-44-41-18-15-12-9-6-3)64-58(61)52-49-46-43-40-38-35-22-20-17-14-11-8-5-2/h7-8,10-11,16-17,19-20,23-24,26-27,29-30,32-33,35-38,43,46,55H,4-6,9,12-15,18,21-22,25,28,31,34,39-42,44-45,47-54H2,1-3H3/b10-7-,11-8-,19-16-,20-17-,24-23-,27-26-,30-29-,33-32-,37-36-,38-35-,46-43-. The van der Waals surface area contributed by atoms with Gasteiger partial charge in [0, 0.05) is 19.3 Å². The predicted molar refractivity (Wildman–Crippen MR) is 274 cm³/mol. The molecule has 0 amide bonds. The molecule has 0 bridgehead atoms. The molecule has 0 aliphatic heterocycles. The lowest BCUT2D eigenvalue weighted by Crippen LogP contribution is -2.30. The third-order valence-corrected chi connectivity index (χ3v) is 9.91. The number of allylic oxidation sites excluding steroid dienone is 22. The fourth-order valence-electron chi connectivity index (χ4n) is 6.20. The van der Waals surface area contributed by atoms with Gasteiger partial charge < -0.3 is 14.2 Å². The summed E-state index contributed by atoms with van der Waals surface area (Å²) in [5.74, 6) is -1.06. The Morgan fingerprint density at radius 1 is 0.328 bits per heavy atom. The third kappa shape index (κ3) is 48.6.